The van der Waals surface area contributed by atoms with Crippen LogP contribution in [0.3, 0.4) is 0 Å². The smallest absolute Gasteiger partial charge is 0.294 e. The normalized spacial score (nSPS) is 15.8. The number of nitrogens with zero attached hydrogens (tertiary/aromatic N) is 1. The number of halogens is 1. The van der Waals surface area contributed by atoms with Crippen LogP contribution in [0.5, 0.6) is 5.75 Å². The van der Waals surface area contributed by atoms with Gasteiger partial charge in [0.2, 0.25) is 5.78 Å². The number of ketones is 1. The summed E-state index contributed by atoms with van der Waals surface area (Å²) in [4.78, 5) is 28.6. The van der Waals surface area contributed by atoms with Gasteiger partial charge in [-0.3, -0.25) is 14.5 Å². The van der Waals surface area contributed by atoms with E-state index in [-0.39, 0.29) is 11.3 Å². The van der Waals surface area contributed by atoms with Crippen LogP contribution in [0.25, 0.3) is 11.0 Å². The quantitative estimate of drug-likeness (QED) is 0.263. The van der Waals surface area contributed by atoms with Gasteiger partial charge < -0.3 is 14.3 Å². The number of aliphatic hydroxyl groups is 1. The van der Waals surface area contributed by atoms with E-state index in [1.807, 2.05) is 19.1 Å². The van der Waals surface area contributed by atoms with Crippen LogP contribution >= 0.6 is 11.6 Å². The molecule has 0 saturated heterocycles. The Bertz CT molecular complexity index is 1520. The fourth-order valence-corrected chi connectivity index (χ4v) is 4.57. The van der Waals surface area contributed by atoms with Crippen molar-refractivity contribution in [3.63, 3.8) is 0 Å². The molecule has 0 radical (unpaired) electrons. The molecule has 1 aromatic heterocycles. The fraction of sp³-hybridized carbons (Fsp3) is 0.200. The Balaban J connectivity index is 1.59. The number of ether oxygens (including phenoxy) is 1. The zero-order valence-corrected chi connectivity index (χ0v) is 21.5. The summed E-state index contributed by atoms with van der Waals surface area (Å²) in [5.41, 5.74) is 2.67. The summed E-state index contributed by atoms with van der Waals surface area (Å²) in [6.45, 7) is 6.64. The van der Waals surface area contributed by atoms with Crippen molar-refractivity contribution in [3.05, 3.63) is 106 Å². The predicted octanol–water partition coefficient (Wildman–Crippen LogP) is 7.21. The Kier molecular flexibility index (Phi) is 6.52. The van der Waals surface area contributed by atoms with E-state index in [4.69, 9.17) is 20.8 Å². The lowest BCUT2D eigenvalue weighted by Crippen LogP contribution is -2.31. The number of fused-ring (bicyclic) bond motifs is 1. The molecule has 7 heteroatoms. The fourth-order valence-electron chi connectivity index (χ4n) is 4.39. The second-order valence-electron chi connectivity index (χ2n) is 9.57. The molecule has 1 aliphatic heterocycles. The maximum atomic E-state index is 13.8. The largest absolute Gasteiger partial charge is 0.503 e. The zero-order valence-electron chi connectivity index (χ0n) is 20.7. The summed E-state index contributed by atoms with van der Waals surface area (Å²) < 4.78 is 11.6. The molecule has 0 bridgehead atoms. The molecule has 188 valence electrons. The van der Waals surface area contributed by atoms with Crippen LogP contribution in [0, 0.1) is 12.8 Å². The second-order valence-corrected chi connectivity index (χ2v) is 10.0. The van der Waals surface area contributed by atoms with Crippen molar-refractivity contribution in [1.29, 1.82) is 0 Å². The molecule has 0 spiro atoms. The predicted molar refractivity (Wildman–Crippen MR) is 143 cm³/mol. The van der Waals surface area contributed by atoms with E-state index in [0.29, 0.717) is 45.5 Å². The van der Waals surface area contributed by atoms with Crippen LogP contribution < -0.4 is 9.64 Å². The number of aryl methyl sites for hydroxylation is 1. The van der Waals surface area contributed by atoms with Crippen molar-refractivity contribution in [2.45, 2.75) is 26.8 Å². The zero-order chi connectivity index (χ0) is 26.3. The van der Waals surface area contributed by atoms with Crippen molar-refractivity contribution in [3.8, 4) is 5.75 Å². The van der Waals surface area contributed by atoms with Crippen molar-refractivity contribution in [2.24, 2.45) is 5.92 Å². The average molecular weight is 516 g/mol. The van der Waals surface area contributed by atoms with E-state index in [2.05, 4.69) is 13.8 Å². The van der Waals surface area contributed by atoms with Gasteiger partial charge in [0.25, 0.3) is 5.91 Å². The van der Waals surface area contributed by atoms with E-state index >= 15 is 0 Å². The van der Waals surface area contributed by atoms with Gasteiger partial charge in [0.05, 0.1) is 18.2 Å². The van der Waals surface area contributed by atoms with Crippen LogP contribution in [0.4, 0.5) is 5.69 Å². The maximum absolute atomic E-state index is 13.8. The first-order valence-electron chi connectivity index (χ1n) is 12.0. The van der Waals surface area contributed by atoms with Gasteiger partial charge in [-0.2, -0.15) is 0 Å². The molecule has 37 heavy (non-hydrogen) atoms. The molecular weight excluding hydrogens is 490 g/mol. The standard InChI is InChI=1S/C30H26ClNO5/c1-17(2)16-36-23-11-6-19(7-12-23)27-26(28(33)25-15-20-14-21(31)8-13-24(20)37-25)29(34)30(35)32(27)22-9-4-18(3)5-10-22/h4-15,17,27,34H,16H2,1-3H3. The molecule has 0 aliphatic carbocycles. The number of amides is 1. The molecule has 1 atom stereocenters. The van der Waals surface area contributed by atoms with Gasteiger partial charge in [-0.15, -0.1) is 0 Å². The molecule has 4 aromatic rings. The summed E-state index contributed by atoms with van der Waals surface area (Å²) >= 11 is 6.09. The van der Waals surface area contributed by atoms with E-state index in [0.717, 1.165) is 5.56 Å². The van der Waals surface area contributed by atoms with Gasteiger partial charge in [-0.25, -0.2) is 0 Å². The third-order valence-electron chi connectivity index (χ3n) is 6.25. The number of benzene rings is 3. The summed E-state index contributed by atoms with van der Waals surface area (Å²) in [5, 5.41) is 12.2. The number of Topliss-reactive ketones (excluding diaryl/α,β-unsaturated/α-hetero) is 1. The average Bonchev–Trinajstić information content (AvgIpc) is 3.41. The van der Waals surface area contributed by atoms with Crippen LogP contribution in [0.2, 0.25) is 5.02 Å². The van der Waals surface area contributed by atoms with Gasteiger partial charge >= 0.3 is 0 Å². The van der Waals surface area contributed by atoms with E-state index < -0.39 is 23.5 Å². The first kappa shape index (κ1) is 24.7. The van der Waals surface area contributed by atoms with Crippen molar-refractivity contribution in [2.75, 3.05) is 11.5 Å². The SMILES string of the molecule is Cc1ccc(N2C(=O)C(O)=C(C(=O)c3cc4cc(Cl)ccc4o3)C2c2ccc(OCC(C)C)cc2)cc1. The summed E-state index contributed by atoms with van der Waals surface area (Å²) in [7, 11) is 0. The highest BCUT2D eigenvalue weighted by atomic mass is 35.5. The Labute approximate surface area is 219 Å². The lowest BCUT2D eigenvalue weighted by atomic mass is 9.94. The molecule has 0 saturated carbocycles. The molecule has 1 unspecified atom stereocenters. The minimum absolute atomic E-state index is 0.0132. The molecule has 2 heterocycles. The topological polar surface area (TPSA) is 80.0 Å². The second kappa shape index (κ2) is 9.79. The number of carbonyl (C=O) groups excluding carboxylic acids is 2. The minimum atomic E-state index is -0.862. The number of carbonyl (C=O) groups is 2. The van der Waals surface area contributed by atoms with Gasteiger partial charge in [0, 0.05) is 16.1 Å². The molecule has 0 fully saturated rings. The van der Waals surface area contributed by atoms with E-state index in [1.165, 1.54) is 4.90 Å². The minimum Gasteiger partial charge on any atom is -0.503 e. The van der Waals surface area contributed by atoms with Crippen LogP contribution in [0.15, 0.2) is 88.5 Å². The Morgan fingerprint density at radius 3 is 2.43 bits per heavy atom. The van der Waals surface area contributed by atoms with Crippen LogP contribution in [-0.4, -0.2) is 23.4 Å². The van der Waals surface area contributed by atoms with Crippen molar-refractivity contribution >= 4 is 39.9 Å². The van der Waals surface area contributed by atoms with Crippen LogP contribution in [-0.2, 0) is 4.79 Å². The highest BCUT2D eigenvalue weighted by Gasteiger charge is 2.45. The number of hydrogen-bond donors (Lipinski definition) is 1. The molecule has 3 aromatic carbocycles. The Morgan fingerprint density at radius 1 is 1.05 bits per heavy atom. The van der Waals surface area contributed by atoms with Gasteiger partial charge in [0.1, 0.15) is 11.3 Å². The Morgan fingerprint density at radius 2 is 1.76 bits per heavy atom. The third-order valence-corrected chi connectivity index (χ3v) is 6.48. The lowest BCUT2D eigenvalue weighted by molar-refractivity contribution is -0.117. The third kappa shape index (κ3) is 4.72. The number of aliphatic hydroxyl groups excluding tert-OH is 1. The highest BCUT2D eigenvalue weighted by Crippen LogP contribution is 2.42. The molecule has 5 rings (SSSR count). The lowest BCUT2D eigenvalue weighted by Gasteiger charge is -2.27. The van der Waals surface area contributed by atoms with Gasteiger partial charge in [0.15, 0.2) is 11.5 Å². The maximum Gasteiger partial charge on any atom is 0.294 e. The number of rotatable bonds is 7. The number of hydrogen-bond acceptors (Lipinski definition) is 5. The first-order valence-corrected chi connectivity index (χ1v) is 12.4. The number of anilines is 1. The van der Waals surface area contributed by atoms with Crippen LogP contribution in [0.1, 0.15) is 41.6 Å². The molecular formula is C30H26ClNO5. The molecule has 6 nitrogen and oxygen atoms in total. The van der Waals surface area contributed by atoms with Gasteiger partial charge in [-0.1, -0.05) is 55.3 Å². The number of furan rings is 1. The molecule has 1 N–H and O–H groups in total. The summed E-state index contributed by atoms with van der Waals surface area (Å²) in [6.07, 6.45) is 0. The van der Waals surface area contributed by atoms with E-state index in [9.17, 15) is 14.7 Å². The van der Waals surface area contributed by atoms with E-state index in [1.54, 1.807) is 60.7 Å². The monoisotopic (exact) mass is 515 g/mol. The van der Waals surface area contributed by atoms with Gasteiger partial charge in [-0.05, 0) is 66.9 Å². The molecule has 1 amide bonds. The first-order chi connectivity index (χ1) is 17.7. The van der Waals surface area contributed by atoms with Crippen molar-refractivity contribution in [1.82, 2.24) is 0 Å². The highest BCUT2D eigenvalue weighted by molar-refractivity contribution is 6.31. The van der Waals surface area contributed by atoms with Crippen molar-refractivity contribution < 1.29 is 23.8 Å². The summed E-state index contributed by atoms with van der Waals surface area (Å²) in [6, 6.07) is 20.3. The Hall–Kier alpha value is -4.03. The summed E-state index contributed by atoms with van der Waals surface area (Å²) in [5.74, 6) is -0.770. The molecule has 1 aliphatic rings.